The second-order valence-electron chi connectivity index (χ2n) is 6.66. The van der Waals surface area contributed by atoms with Crippen LogP contribution in [-0.2, 0) is 11.3 Å². The summed E-state index contributed by atoms with van der Waals surface area (Å²) in [5.74, 6) is -0.734. The first-order valence-electron chi connectivity index (χ1n) is 7.95. The third-order valence-corrected chi connectivity index (χ3v) is 4.88. The smallest absolute Gasteiger partial charge is 0.222 e. The van der Waals surface area contributed by atoms with Crippen LogP contribution in [-0.4, -0.2) is 29.9 Å². The number of amides is 1. The van der Waals surface area contributed by atoms with E-state index in [1.54, 1.807) is 11.9 Å². The zero-order valence-corrected chi connectivity index (χ0v) is 14.0. The first-order valence-corrected chi connectivity index (χ1v) is 7.95. The second-order valence-corrected chi connectivity index (χ2v) is 6.66. The molecule has 0 saturated carbocycles. The maximum atomic E-state index is 13.7. The van der Waals surface area contributed by atoms with E-state index in [9.17, 15) is 13.6 Å². The number of halogens is 3. The average Bonchev–Trinajstić information content (AvgIpc) is 2.81. The Bertz CT molecular complexity index is 558. The molecule has 6 heteroatoms. The van der Waals surface area contributed by atoms with Gasteiger partial charge in [-0.2, -0.15) is 0 Å². The first kappa shape index (κ1) is 18.1. The minimum atomic E-state index is -0.598. The lowest BCUT2D eigenvalue weighted by Gasteiger charge is -2.30. The molecule has 2 fully saturated rings. The quantitative estimate of drug-likeness (QED) is 0.909. The highest BCUT2D eigenvalue weighted by atomic mass is 35.5. The van der Waals surface area contributed by atoms with E-state index in [-0.39, 0.29) is 24.9 Å². The van der Waals surface area contributed by atoms with Crippen molar-refractivity contribution in [2.75, 3.05) is 7.05 Å². The Hall–Kier alpha value is -1.20. The van der Waals surface area contributed by atoms with Crippen molar-refractivity contribution >= 4 is 18.3 Å². The number of carbonyl (C=O) groups excluding carboxylic acids is 1. The zero-order valence-electron chi connectivity index (χ0n) is 13.2. The van der Waals surface area contributed by atoms with E-state index >= 15 is 0 Å². The minimum absolute atomic E-state index is 0. The minimum Gasteiger partial charge on any atom is -0.341 e. The third-order valence-electron chi connectivity index (χ3n) is 4.88. The number of hydrogen-bond donors (Lipinski definition) is 1. The summed E-state index contributed by atoms with van der Waals surface area (Å²) >= 11 is 0. The number of benzene rings is 1. The zero-order chi connectivity index (χ0) is 15.7. The lowest BCUT2D eigenvalue weighted by Crippen LogP contribution is -2.40. The number of nitrogens with one attached hydrogen (secondary N) is 1. The fourth-order valence-electron chi connectivity index (χ4n) is 3.74. The maximum Gasteiger partial charge on any atom is 0.222 e. The van der Waals surface area contributed by atoms with E-state index < -0.39 is 11.6 Å². The van der Waals surface area contributed by atoms with Gasteiger partial charge >= 0.3 is 0 Å². The number of fused-ring (bicyclic) bond motifs is 2. The number of carbonyl (C=O) groups is 1. The molecule has 2 saturated heterocycles. The van der Waals surface area contributed by atoms with E-state index in [1.807, 2.05) is 0 Å². The molecule has 2 aliphatic heterocycles. The van der Waals surface area contributed by atoms with Crippen molar-refractivity contribution in [1.29, 1.82) is 0 Å². The van der Waals surface area contributed by atoms with Crippen molar-refractivity contribution < 1.29 is 13.6 Å². The van der Waals surface area contributed by atoms with Gasteiger partial charge in [0.05, 0.1) is 0 Å². The fraction of sp³-hybridized carbons (Fsp3) is 0.588. The van der Waals surface area contributed by atoms with Gasteiger partial charge in [0.25, 0.3) is 0 Å². The Morgan fingerprint density at radius 2 is 1.91 bits per heavy atom. The number of nitrogens with zero attached hydrogens (tertiary/aromatic N) is 1. The van der Waals surface area contributed by atoms with Gasteiger partial charge < -0.3 is 10.2 Å². The Balaban J connectivity index is 0.00000192. The van der Waals surface area contributed by atoms with Crippen LogP contribution in [0.2, 0.25) is 0 Å². The summed E-state index contributed by atoms with van der Waals surface area (Å²) < 4.78 is 26.6. The first-order chi connectivity index (χ1) is 10.5. The molecule has 2 unspecified atom stereocenters. The van der Waals surface area contributed by atoms with Crippen LogP contribution in [0.15, 0.2) is 18.2 Å². The van der Waals surface area contributed by atoms with E-state index in [4.69, 9.17) is 0 Å². The number of piperidine rings is 1. The van der Waals surface area contributed by atoms with Gasteiger partial charge in [0.2, 0.25) is 5.91 Å². The SMILES string of the molecule is CN(Cc1ccc(F)cc1F)C(=O)CC1CC2CCC(C1)N2.Cl. The van der Waals surface area contributed by atoms with Crippen LogP contribution in [0, 0.1) is 17.6 Å². The third kappa shape index (κ3) is 4.42. The molecule has 1 aromatic rings. The average molecular weight is 345 g/mol. The summed E-state index contributed by atoms with van der Waals surface area (Å²) in [6.45, 7) is 0.183. The van der Waals surface area contributed by atoms with Gasteiger partial charge in [0.1, 0.15) is 11.6 Å². The van der Waals surface area contributed by atoms with E-state index in [1.165, 1.54) is 25.0 Å². The van der Waals surface area contributed by atoms with Gasteiger partial charge in [-0.05, 0) is 37.7 Å². The van der Waals surface area contributed by atoms with Crippen LogP contribution in [0.4, 0.5) is 8.78 Å². The predicted molar refractivity (Wildman–Crippen MR) is 87.4 cm³/mol. The van der Waals surface area contributed by atoms with E-state index in [2.05, 4.69) is 5.32 Å². The molecule has 1 N–H and O–H groups in total. The summed E-state index contributed by atoms with van der Waals surface area (Å²) in [5, 5.41) is 3.57. The van der Waals surface area contributed by atoms with Gasteiger partial charge in [-0.3, -0.25) is 4.79 Å². The molecule has 23 heavy (non-hydrogen) atoms. The number of rotatable bonds is 4. The maximum absolute atomic E-state index is 13.7. The van der Waals surface area contributed by atoms with E-state index in [0.717, 1.165) is 18.9 Å². The standard InChI is InChI=1S/C17H22F2N2O.ClH/c1-21(10-12-2-3-13(18)9-16(12)19)17(22)8-11-6-14-4-5-15(7-11)20-14;/h2-3,9,11,14-15,20H,4-8,10H2,1H3;1H. The summed E-state index contributed by atoms with van der Waals surface area (Å²) in [4.78, 5) is 13.9. The molecule has 128 valence electrons. The van der Waals surface area contributed by atoms with Crippen molar-refractivity contribution in [2.24, 2.45) is 5.92 Å². The van der Waals surface area contributed by atoms with Gasteiger partial charge in [-0.15, -0.1) is 12.4 Å². The van der Waals surface area contributed by atoms with Gasteiger partial charge in [0, 0.05) is 43.7 Å². The molecule has 1 amide bonds. The Morgan fingerprint density at radius 1 is 1.26 bits per heavy atom. The van der Waals surface area contributed by atoms with Crippen LogP contribution in [0.5, 0.6) is 0 Å². The van der Waals surface area contributed by atoms with Crippen molar-refractivity contribution in [3.63, 3.8) is 0 Å². The highest BCUT2D eigenvalue weighted by Gasteiger charge is 2.34. The molecule has 3 rings (SSSR count). The van der Waals surface area contributed by atoms with Crippen molar-refractivity contribution in [3.8, 4) is 0 Å². The summed E-state index contributed by atoms with van der Waals surface area (Å²) in [6, 6.07) is 4.62. The van der Waals surface area contributed by atoms with Crippen LogP contribution < -0.4 is 5.32 Å². The predicted octanol–water partition coefficient (Wildman–Crippen LogP) is 3.27. The van der Waals surface area contributed by atoms with Crippen molar-refractivity contribution in [1.82, 2.24) is 10.2 Å². The Kier molecular flexibility index (Phi) is 5.98. The van der Waals surface area contributed by atoms with Gasteiger partial charge in [-0.25, -0.2) is 8.78 Å². The summed E-state index contributed by atoms with van der Waals surface area (Å²) in [5.41, 5.74) is 0.350. The summed E-state index contributed by atoms with van der Waals surface area (Å²) in [6.07, 6.45) is 5.06. The molecule has 0 radical (unpaired) electrons. The van der Waals surface area contributed by atoms with Crippen LogP contribution in [0.3, 0.4) is 0 Å². The van der Waals surface area contributed by atoms with Crippen molar-refractivity contribution in [3.05, 3.63) is 35.4 Å². The van der Waals surface area contributed by atoms with Crippen LogP contribution >= 0.6 is 12.4 Å². The normalized spacial score (nSPS) is 25.8. The van der Waals surface area contributed by atoms with Crippen LogP contribution in [0.1, 0.15) is 37.7 Å². The Labute approximate surface area is 141 Å². The fourth-order valence-corrected chi connectivity index (χ4v) is 3.74. The lowest BCUT2D eigenvalue weighted by molar-refractivity contribution is -0.131. The largest absolute Gasteiger partial charge is 0.341 e. The molecule has 3 nitrogen and oxygen atoms in total. The molecule has 2 heterocycles. The topological polar surface area (TPSA) is 32.3 Å². The summed E-state index contributed by atoms with van der Waals surface area (Å²) in [7, 11) is 1.68. The molecule has 2 bridgehead atoms. The lowest BCUT2D eigenvalue weighted by atomic mass is 9.89. The molecule has 0 spiro atoms. The molecular weight excluding hydrogens is 322 g/mol. The van der Waals surface area contributed by atoms with Gasteiger partial charge in [-0.1, -0.05) is 6.07 Å². The molecule has 1 aromatic carbocycles. The van der Waals surface area contributed by atoms with Crippen molar-refractivity contribution in [2.45, 2.75) is 50.7 Å². The second kappa shape index (κ2) is 7.58. The molecule has 2 aliphatic rings. The molecule has 0 aliphatic carbocycles. The van der Waals surface area contributed by atoms with Gasteiger partial charge in [0.15, 0.2) is 0 Å². The van der Waals surface area contributed by atoms with E-state index in [0.29, 0.717) is 30.0 Å². The highest BCUT2D eigenvalue weighted by Crippen LogP contribution is 2.33. The highest BCUT2D eigenvalue weighted by molar-refractivity contribution is 5.85. The molecule has 2 atom stereocenters. The Morgan fingerprint density at radius 3 is 2.52 bits per heavy atom. The monoisotopic (exact) mass is 344 g/mol. The number of hydrogen-bond acceptors (Lipinski definition) is 2. The van der Waals surface area contributed by atoms with Crippen LogP contribution in [0.25, 0.3) is 0 Å². The molecule has 0 aromatic heterocycles. The molecular formula is C17H23ClF2N2O.